The molecule has 12 heavy (non-hydrogen) atoms. The summed E-state index contributed by atoms with van der Waals surface area (Å²) in [7, 11) is 0. The summed E-state index contributed by atoms with van der Waals surface area (Å²) in [6, 6.07) is 12.2. The van der Waals surface area contributed by atoms with Crippen molar-refractivity contribution in [3.63, 3.8) is 0 Å². The third kappa shape index (κ3) is 1.47. The smallest absolute Gasteiger partial charge is 0.113 e. The third-order valence-electron chi connectivity index (χ3n) is 1.58. The molecule has 3 heteroatoms. The molecular weight excluding hydrogens is 186 g/mol. The summed E-state index contributed by atoms with van der Waals surface area (Å²) >= 11 is 6.56. The topological polar surface area (TPSA) is 15.8 Å². The molecule has 60 valence electrons. The number of hydrogen-bond donors (Lipinski definition) is 1. The number of aromatic amines is 1. The van der Waals surface area contributed by atoms with Gasteiger partial charge in [-0.15, -0.1) is 0 Å². The number of rotatable bonds is 1. The zero-order valence-corrected chi connectivity index (χ0v) is 7.91. The number of benzene rings is 1. The van der Waals surface area contributed by atoms with Crippen LogP contribution in [0.2, 0.25) is 0 Å². The van der Waals surface area contributed by atoms with E-state index in [1.165, 1.54) is 10.4 Å². The van der Waals surface area contributed by atoms with Gasteiger partial charge in [-0.05, 0) is 11.6 Å². The average Bonchev–Trinajstić information content (AvgIpc) is 2.54. The summed E-state index contributed by atoms with van der Waals surface area (Å²) in [5, 5.41) is 0. The lowest BCUT2D eigenvalue weighted by Crippen LogP contribution is -1.67. The van der Waals surface area contributed by atoms with E-state index in [0.717, 1.165) is 4.64 Å². The molecule has 0 aliphatic rings. The van der Waals surface area contributed by atoms with Gasteiger partial charge in [0.2, 0.25) is 0 Å². The van der Waals surface area contributed by atoms with Crippen LogP contribution in [-0.4, -0.2) is 4.37 Å². The predicted octanol–water partition coefficient (Wildman–Crippen LogP) is 3.47. The fourth-order valence-corrected chi connectivity index (χ4v) is 2.05. The molecule has 0 radical (unpaired) electrons. The molecule has 0 atom stereocenters. The minimum absolute atomic E-state index is 0.804. The van der Waals surface area contributed by atoms with Crippen molar-refractivity contribution in [1.82, 2.24) is 4.37 Å². The molecule has 0 saturated heterocycles. The Kier molecular flexibility index (Phi) is 2.06. The molecule has 1 aromatic heterocycles. The van der Waals surface area contributed by atoms with E-state index < -0.39 is 0 Å². The SMILES string of the molecule is S=c1cc(-c2ccccc2)s[nH]1. The molecule has 1 aromatic carbocycles. The van der Waals surface area contributed by atoms with E-state index in [-0.39, 0.29) is 0 Å². The highest BCUT2D eigenvalue weighted by Gasteiger charge is 1.96. The minimum Gasteiger partial charge on any atom is -0.301 e. The Bertz CT molecular complexity index is 413. The van der Waals surface area contributed by atoms with Crippen LogP contribution in [0.1, 0.15) is 0 Å². The first-order valence-corrected chi connectivity index (χ1v) is 4.83. The second-order valence-electron chi connectivity index (χ2n) is 2.44. The Morgan fingerprint density at radius 2 is 1.92 bits per heavy atom. The molecule has 1 nitrogen and oxygen atoms in total. The van der Waals surface area contributed by atoms with Crippen LogP contribution in [0.5, 0.6) is 0 Å². The van der Waals surface area contributed by atoms with Crippen LogP contribution < -0.4 is 0 Å². The maximum absolute atomic E-state index is 4.99. The summed E-state index contributed by atoms with van der Waals surface area (Å²) in [6.07, 6.45) is 0. The molecule has 2 aromatic rings. The first kappa shape index (κ1) is 7.71. The molecule has 1 N–H and O–H groups in total. The van der Waals surface area contributed by atoms with Crippen LogP contribution in [0.4, 0.5) is 0 Å². The number of H-pyrrole nitrogens is 1. The van der Waals surface area contributed by atoms with Gasteiger partial charge in [-0.25, -0.2) is 0 Å². The van der Waals surface area contributed by atoms with Gasteiger partial charge in [-0.3, -0.25) is 0 Å². The monoisotopic (exact) mass is 193 g/mol. The summed E-state index contributed by atoms with van der Waals surface area (Å²) in [6.45, 7) is 0. The van der Waals surface area contributed by atoms with Gasteiger partial charge in [0.15, 0.2) is 0 Å². The highest BCUT2D eigenvalue weighted by atomic mass is 32.1. The van der Waals surface area contributed by atoms with Crippen molar-refractivity contribution in [2.75, 3.05) is 0 Å². The second kappa shape index (κ2) is 3.21. The Labute approximate surface area is 79.8 Å². The largest absolute Gasteiger partial charge is 0.301 e. The van der Waals surface area contributed by atoms with E-state index in [9.17, 15) is 0 Å². The van der Waals surface area contributed by atoms with Gasteiger partial charge in [0.25, 0.3) is 0 Å². The lowest BCUT2D eigenvalue weighted by atomic mass is 10.2. The second-order valence-corrected chi connectivity index (χ2v) is 3.73. The summed E-state index contributed by atoms with van der Waals surface area (Å²) in [5.41, 5.74) is 1.22. The van der Waals surface area contributed by atoms with Gasteiger partial charge in [0.05, 0.1) is 4.88 Å². The van der Waals surface area contributed by atoms with Gasteiger partial charge >= 0.3 is 0 Å². The molecule has 0 amide bonds. The molecule has 0 fully saturated rings. The number of hydrogen-bond acceptors (Lipinski definition) is 2. The summed E-state index contributed by atoms with van der Waals surface area (Å²) in [4.78, 5) is 1.20. The Hall–Kier alpha value is -0.930. The Morgan fingerprint density at radius 3 is 2.50 bits per heavy atom. The van der Waals surface area contributed by atoms with Crippen molar-refractivity contribution in [3.8, 4) is 10.4 Å². The van der Waals surface area contributed by atoms with E-state index in [2.05, 4.69) is 16.5 Å². The molecule has 0 saturated carbocycles. The van der Waals surface area contributed by atoms with Crippen molar-refractivity contribution in [2.45, 2.75) is 0 Å². The Balaban J connectivity index is 2.51. The fourth-order valence-electron chi connectivity index (χ4n) is 1.03. The summed E-state index contributed by atoms with van der Waals surface area (Å²) in [5.74, 6) is 0. The quantitative estimate of drug-likeness (QED) is 0.686. The van der Waals surface area contributed by atoms with Crippen molar-refractivity contribution in [1.29, 1.82) is 0 Å². The highest BCUT2D eigenvalue weighted by Crippen LogP contribution is 2.22. The molecule has 2 rings (SSSR count). The molecule has 0 unspecified atom stereocenters. The summed E-state index contributed by atoms with van der Waals surface area (Å²) < 4.78 is 3.83. The van der Waals surface area contributed by atoms with Crippen molar-refractivity contribution in [2.24, 2.45) is 0 Å². The maximum Gasteiger partial charge on any atom is 0.113 e. The average molecular weight is 193 g/mol. The van der Waals surface area contributed by atoms with E-state index in [0.29, 0.717) is 0 Å². The van der Waals surface area contributed by atoms with Gasteiger partial charge in [0, 0.05) is 0 Å². The van der Waals surface area contributed by atoms with E-state index in [1.807, 2.05) is 24.3 Å². The van der Waals surface area contributed by atoms with Gasteiger partial charge in [0.1, 0.15) is 4.64 Å². The Morgan fingerprint density at radius 1 is 1.17 bits per heavy atom. The molecule has 1 heterocycles. The van der Waals surface area contributed by atoms with Crippen LogP contribution in [-0.2, 0) is 0 Å². The van der Waals surface area contributed by atoms with Gasteiger partial charge in [-0.1, -0.05) is 54.1 Å². The highest BCUT2D eigenvalue weighted by molar-refractivity contribution is 7.71. The molecule has 0 aliphatic carbocycles. The maximum atomic E-state index is 4.99. The lowest BCUT2D eigenvalue weighted by molar-refractivity contribution is 1.53. The van der Waals surface area contributed by atoms with E-state index >= 15 is 0 Å². The van der Waals surface area contributed by atoms with Crippen molar-refractivity contribution < 1.29 is 0 Å². The van der Waals surface area contributed by atoms with Crippen LogP contribution in [0.3, 0.4) is 0 Å². The van der Waals surface area contributed by atoms with E-state index in [1.54, 1.807) is 11.5 Å². The first-order chi connectivity index (χ1) is 5.86. The van der Waals surface area contributed by atoms with Crippen molar-refractivity contribution >= 4 is 23.8 Å². The molecular formula is C9H7NS2. The van der Waals surface area contributed by atoms with Crippen LogP contribution >= 0.6 is 23.8 Å². The van der Waals surface area contributed by atoms with E-state index in [4.69, 9.17) is 12.2 Å². The number of aromatic nitrogens is 1. The third-order valence-corrected chi connectivity index (χ3v) is 2.83. The first-order valence-electron chi connectivity index (χ1n) is 3.60. The zero-order chi connectivity index (χ0) is 8.39. The van der Waals surface area contributed by atoms with Crippen molar-refractivity contribution in [3.05, 3.63) is 41.0 Å². The minimum atomic E-state index is 0.804. The molecule has 0 bridgehead atoms. The number of nitrogens with one attached hydrogen (secondary N) is 1. The predicted molar refractivity (Wildman–Crippen MR) is 54.9 cm³/mol. The fraction of sp³-hybridized carbons (Fsp3) is 0. The van der Waals surface area contributed by atoms with Crippen LogP contribution in [0.15, 0.2) is 36.4 Å². The molecule has 0 spiro atoms. The lowest BCUT2D eigenvalue weighted by Gasteiger charge is -1.92. The van der Waals surface area contributed by atoms with Crippen LogP contribution in [0, 0.1) is 4.64 Å². The van der Waals surface area contributed by atoms with Gasteiger partial charge < -0.3 is 4.37 Å². The molecule has 0 aliphatic heterocycles. The van der Waals surface area contributed by atoms with Crippen LogP contribution in [0.25, 0.3) is 10.4 Å². The normalized spacial score (nSPS) is 10.0. The standard InChI is InChI=1S/C9H7NS2/c11-9-6-8(12-10-9)7-4-2-1-3-5-7/h1-6H,(H,10,11). The zero-order valence-electron chi connectivity index (χ0n) is 6.28. The van der Waals surface area contributed by atoms with Gasteiger partial charge in [-0.2, -0.15) is 0 Å².